The van der Waals surface area contributed by atoms with Gasteiger partial charge in [0.25, 0.3) is 0 Å². The lowest BCUT2D eigenvalue weighted by Crippen LogP contribution is -1.88. The van der Waals surface area contributed by atoms with Gasteiger partial charge in [0, 0.05) is 19.1 Å². The molecular weight excluding hydrogens is 122 g/mol. The molecule has 0 spiro atoms. The van der Waals surface area contributed by atoms with E-state index >= 15 is 0 Å². The first-order valence-electron chi connectivity index (χ1n) is 3.27. The Balaban J connectivity index is 2.54. The van der Waals surface area contributed by atoms with Crippen molar-refractivity contribution in [1.82, 2.24) is 0 Å². The zero-order valence-corrected chi connectivity index (χ0v) is 5.54. The molecule has 0 fully saturated rings. The first kappa shape index (κ1) is 5.66. The molecule has 1 heterocycles. The van der Waals surface area contributed by atoms with Gasteiger partial charge < -0.3 is 0 Å². The van der Waals surface area contributed by atoms with Crippen LogP contribution in [0.15, 0.2) is 29.3 Å². The van der Waals surface area contributed by atoms with Crippen LogP contribution in [0.2, 0.25) is 0 Å². The quantitative estimate of drug-likeness (QED) is 0.508. The maximum absolute atomic E-state index is 5.54. The van der Waals surface area contributed by atoms with Crippen LogP contribution in [0.5, 0.6) is 0 Å². The molecule has 0 saturated heterocycles. The van der Waals surface area contributed by atoms with Crippen LogP contribution in [-0.2, 0) is 6.42 Å². The van der Waals surface area contributed by atoms with Crippen LogP contribution in [0, 0.1) is 6.92 Å². The SMILES string of the molecule is [CH]C1=Nc2ccccc2C1. The van der Waals surface area contributed by atoms with Crippen molar-refractivity contribution >= 4 is 11.4 Å². The molecule has 0 saturated carbocycles. The van der Waals surface area contributed by atoms with Crippen molar-refractivity contribution in [2.24, 2.45) is 4.99 Å². The van der Waals surface area contributed by atoms with Crippen LogP contribution in [0.3, 0.4) is 0 Å². The molecule has 0 aliphatic carbocycles. The van der Waals surface area contributed by atoms with E-state index in [9.17, 15) is 0 Å². The fourth-order valence-corrected chi connectivity index (χ4v) is 1.16. The molecule has 2 radical (unpaired) electrons. The van der Waals surface area contributed by atoms with Gasteiger partial charge in [0.2, 0.25) is 0 Å². The van der Waals surface area contributed by atoms with E-state index in [4.69, 9.17) is 6.92 Å². The van der Waals surface area contributed by atoms with Crippen molar-refractivity contribution in [2.45, 2.75) is 6.42 Å². The van der Waals surface area contributed by atoms with E-state index in [1.165, 1.54) is 5.56 Å². The van der Waals surface area contributed by atoms with Crippen LogP contribution in [-0.4, -0.2) is 5.71 Å². The molecule has 1 nitrogen and oxygen atoms in total. The van der Waals surface area contributed by atoms with Gasteiger partial charge in [0.05, 0.1) is 5.69 Å². The van der Waals surface area contributed by atoms with Gasteiger partial charge in [-0.25, -0.2) is 0 Å². The van der Waals surface area contributed by atoms with Crippen molar-refractivity contribution < 1.29 is 0 Å². The summed E-state index contributed by atoms with van der Waals surface area (Å²) in [4.78, 5) is 4.15. The number of para-hydroxylation sites is 1. The second-order valence-electron chi connectivity index (χ2n) is 2.41. The fourth-order valence-electron chi connectivity index (χ4n) is 1.16. The molecule has 10 heavy (non-hydrogen) atoms. The number of hydrogen-bond acceptors (Lipinski definition) is 1. The van der Waals surface area contributed by atoms with Gasteiger partial charge in [-0.05, 0) is 11.6 Å². The Kier molecular flexibility index (Phi) is 1.10. The summed E-state index contributed by atoms with van der Waals surface area (Å²) in [6.07, 6.45) is 0.816. The molecule has 1 aromatic carbocycles. The molecule has 0 N–H and O–H groups in total. The van der Waals surface area contributed by atoms with E-state index in [-0.39, 0.29) is 0 Å². The summed E-state index contributed by atoms with van der Waals surface area (Å²) in [5.41, 5.74) is 2.99. The van der Waals surface area contributed by atoms with Crippen LogP contribution in [0.4, 0.5) is 5.69 Å². The first-order valence-corrected chi connectivity index (χ1v) is 3.27. The molecule has 2 rings (SSSR count). The number of fused-ring (bicyclic) bond motifs is 1. The smallest absolute Gasteiger partial charge is 0.0665 e. The monoisotopic (exact) mass is 129 g/mol. The highest BCUT2D eigenvalue weighted by Crippen LogP contribution is 2.25. The molecule has 0 aromatic heterocycles. The third-order valence-electron chi connectivity index (χ3n) is 1.63. The maximum atomic E-state index is 5.54. The lowest BCUT2D eigenvalue weighted by Gasteiger charge is -1.91. The Morgan fingerprint density at radius 3 is 2.90 bits per heavy atom. The minimum Gasteiger partial charge on any atom is -0.257 e. The summed E-state index contributed by atoms with van der Waals surface area (Å²) in [5.74, 6) is 0. The summed E-state index contributed by atoms with van der Waals surface area (Å²) in [7, 11) is 0. The van der Waals surface area contributed by atoms with Crippen LogP contribution < -0.4 is 0 Å². The summed E-state index contributed by atoms with van der Waals surface area (Å²) in [5, 5.41) is 0. The second kappa shape index (κ2) is 1.94. The van der Waals surface area contributed by atoms with E-state index < -0.39 is 0 Å². The largest absolute Gasteiger partial charge is 0.257 e. The standard InChI is InChI=1S/C9H7N/c1-7-6-8-4-2-3-5-9(8)10-7/h1-5H,6H2. The average Bonchev–Trinajstić information content (AvgIpc) is 2.27. The summed E-state index contributed by atoms with van der Waals surface area (Å²) >= 11 is 0. The second-order valence-corrected chi connectivity index (χ2v) is 2.41. The van der Waals surface area contributed by atoms with Crippen molar-refractivity contribution in [1.29, 1.82) is 0 Å². The summed E-state index contributed by atoms with van der Waals surface area (Å²) in [6.45, 7) is 5.54. The predicted molar refractivity (Wildman–Crippen MR) is 41.5 cm³/mol. The molecular formula is C9H7N. The Morgan fingerprint density at radius 2 is 2.10 bits per heavy atom. The number of benzene rings is 1. The number of rotatable bonds is 0. The maximum Gasteiger partial charge on any atom is 0.0665 e. The lowest BCUT2D eigenvalue weighted by atomic mass is 10.1. The number of aliphatic imine (C=N–C) groups is 1. The van der Waals surface area contributed by atoms with Gasteiger partial charge in [0.15, 0.2) is 0 Å². The summed E-state index contributed by atoms with van der Waals surface area (Å²) < 4.78 is 0. The molecule has 0 amide bonds. The Hall–Kier alpha value is -1.11. The Labute approximate surface area is 60.4 Å². The van der Waals surface area contributed by atoms with Crippen LogP contribution >= 0.6 is 0 Å². The molecule has 0 atom stereocenters. The van der Waals surface area contributed by atoms with Gasteiger partial charge in [-0.15, -0.1) is 0 Å². The third-order valence-corrected chi connectivity index (χ3v) is 1.63. The fraction of sp³-hybridized carbons (Fsp3) is 0.111. The van der Waals surface area contributed by atoms with Crippen molar-refractivity contribution in [3.8, 4) is 0 Å². The Morgan fingerprint density at radius 1 is 1.30 bits per heavy atom. The average molecular weight is 129 g/mol. The zero-order valence-electron chi connectivity index (χ0n) is 5.54. The van der Waals surface area contributed by atoms with E-state index in [0.29, 0.717) is 0 Å². The predicted octanol–water partition coefficient (Wildman–Crippen LogP) is 2.03. The van der Waals surface area contributed by atoms with Gasteiger partial charge in [-0.3, -0.25) is 4.99 Å². The third kappa shape index (κ3) is 0.747. The molecule has 0 bridgehead atoms. The highest BCUT2D eigenvalue weighted by Gasteiger charge is 2.08. The number of hydrogen-bond donors (Lipinski definition) is 0. The Bertz CT molecular complexity index is 287. The molecule has 1 heteroatoms. The van der Waals surface area contributed by atoms with Gasteiger partial charge in [-0.2, -0.15) is 0 Å². The van der Waals surface area contributed by atoms with Gasteiger partial charge in [-0.1, -0.05) is 18.2 Å². The molecule has 1 aromatic rings. The lowest BCUT2D eigenvalue weighted by molar-refractivity contribution is 1.40. The minimum atomic E-state index is 0.723. The normalized spacial score (nSPS) is 14.7. The van der Waals surface area contributed by atoms with Crippen LogP contribution in [0.1, 0.15) is 5.56 Å². The van der Waals surface area contributed by atoms with Gasteiger partial charge in [0.1, 0.15) is 0 Å². The van der Waals surface area contributed by atoms with Gasteiger partial charge >= 0.3 is 0 Å². The topological polar surface area (TPSA) is 12.4 Å². The van der Waals surface area contributed by atoms with Crippen molar-refractivity contribution in [2.75, 3.05) is 0 Å². The van der Waals surface area contributed by atoms with E-state index in [1.807, 2.05) is 18.2 Å². The molecule has 48 valence electrons. The minimum absolute atomic E-state index is 0.723. The van der Waals surface area contributed by atoms with E-state index in [2.05, 4.69) is 11.1 Å². The highest BCUT2D eigenvalue weighted by molar-refractivity contribution is 5.96. The molecule has 0 unspecified atom stereocenters. The first-order chi connectivity index (χ1) is 4.86. The van der Waals surface area contributed by atoms with E-state index in [0.717, 1.165) is 17.8 Å². The van der Waals surface area contributed by atoms with Crippen molar-refractivity contribution in [3.63, 3.8) is 0 Å². The van der Waals surface area contributed by atoms with Crippen molar-refractivity contribution in [3.05, 3.63) is 36.8 Å². The summed E-state index contributed by atoms with van der Waals surface area (Å²) in [6, 6.07) is 8.02. The van der Waals surface area contributed by atoms with Crippen LogP contribution in [0.25, 0.3) is 0 Å². The molecule has 1 aliphatic rings. The highest BCUT2D eigenvalue weighted by atomic mass is 14.8. The number of nitrogens with zero attached hydrogens (tertiary/aromatic N) is 1. The zero-order chi connectivity index (χ0) is 6.97. The van der Waals surface area contributed by atoms with E-state index in [1.54, 1.807) is 0 Å². The molecule has 1 aliphatic heterocycles.